The molecule has 1 aromatic carbocycles. The third kappa shape index (κ3) is 4.21. The van der Waals surface area contributed by atoms with Gasteiger partial charge in [-0.3, -0.25) is 0 Å². The fourth-order valence-corrected chi connectivity index (χ4v) is 1.48. The van der Waals surface area contributed by atoms with E-state index in [0.29, 0.717) is 0 Å². The van der Waals surface area contributed by atoms with Crippen LogP contribution in [0.5, 0.6) is 0 Å². The summed E-state index contributed by atoms with van der Waals surface area (Å²) < 4.78 is 36.9. The van der Waals surface area contributed by atoms with E-state index < -0.39 is 11.7 Å². The van der Waals surface area contributed by atoms with Gasteiger partial charge in [0.25, 0.3) is 0 Å². The van der Waals surface area contributed by atoms with Crippen LogP contribution < -0.4 is 5.73 Å². The molecule has 0 aliphatic heterocycles. The third-order valence-corrected chi connectivity index (χ3v) is 2.88. The van der Waals surface area contributed by atoms with Crippen LogP contribution in [0.3, 0.4) is 0 Å². The molecule has 0 saturated carbocycles. The second-order valence-electron chi connectivity index (χ2n) is 4.03. The van der Waals surface area contributed by atoms with Gasteiger partial charge in [0.2, 0.25) is 0 Å². The number of benzene rings is 1. The van der Waals surface area contributed by atoms with Crippen molar-refractivity contribution in [1.29, 1.82) is 0 Å². The van der Waals surface area contributed by atoms with Crippen molar-refractivity contribution in [2.45, 2.75) is 32.5 Å². The lowest BCUT2D eigenvalue weighted by atomic mass is 9.93. The summed E-state index contributed by atoms with van der Waals surface area (Å²) >= 11 is 0. The summed E-state index contributed by atoms with van der Waals surface area (Å²) in [5.74, 6) is 0.261. The fraction of sp³-hybridized carbons (Fsp3) is 0.500. The Balaban J connectivity index is 0.00000256. The molecule has 0 spiro atoms. The molecular formula is C12H17ClF3N. The van der Waals surface area contributed by atoms with E-state index in [1.807, 2.05) is 13.8 Å². The molecule has 0 aromatic heterocycles. The largest absolute Gasteiger partial charge is 0.416 e. The number of nitrogens with two attached hydrogens (primary N) is 1. The Labute approximate surface area is 106 Å². The Bertz CT molecular complexity index is 335. The summed E-state index contributed by atoms with van der Waals surface area (Å²) in [5, 5.41) is 0. The third-order valence-electron chi connectivity index (χ3n) is 2.88. The van der Waals surface area contributed by atoms with Gasteiger partial charge < -0.3 is 5.73 Å². The van der Waals surface area contributed by atoms with Crippen LogP contribution >= 0.6 is 12.4 Å². The maximum atomic E-state index is 12.3. The molecule has 0 amide bonds. The predicted octanol–water partition coefficient (Wildman–Crippen LogP) is 4.17. The zero-order valence-corrected chi connectivity index (χ0v) is 10.6. The van der Waals surface area contributed by atoms with Crippen LogP contribution in [0.25, 0.3) is 0 Å². The summed E-state index contributed by atoms with van der Waals surface area (Å²) in [6.45, 7) is 4.00. The van der Waals surface area contributed by atoms with Crippen molar-refractivity contribution in [3.05, 3.63) is 35.4 Å². The van der Waals surface area contributed by atoms with Gasteiger partial charge in [-0.05, 0) is 23.6 Å². The topological polar surface area (TPSA) is 26.0 Å². The van der Waals surface area contributed by atoms with Gasteiger partial charge in [-0.2, -0.15) is 13.2 Å². The van der Waals surface area contributed by atoms with Crippen LogP contribution in [0, 0.1) is 5.92 Å². The molecule has 1 rings (SSSR count). The van der Waals surface area contributed by atoms with Gasteiger partial charge in [-0.15, -0.1) is 12.4 Å². The molecule has 5 heteroatoms. The second kappa shape index (κ2) is 6.26. The first kappa shape index (κ1) is 16.3. The standard InChI is InChI=1S/C12H16F3N.ClH/c1-3-8(2)11(16)9-4-6-10(7-5-9)12(13,14)15;/h4-8,11H,3,16H2,1-2H3;1H/t8?,11-;/m0./s1. The van der Waals surface area contributed by atoms with Crippen LogP contribution in [0.4, 0.5) is 13.2 Å². The maximum absolute atomic E-state index is 12.3. The highest BCUT2D eigenvalue weighted by molar-refractivity contribution is 5.85. The van der Waals surface area contributed by atoms with E-state index in [1.165, 1.54) is 12.1 Å². The molecule has 1 nitrogen and oxygen atoms in total. The molecule has 1 unspecified atom stereocenters. The monoisotopic (exact) mass is 267 g/mol. The van der Waals surface area contributed by atoms with Gasteiger partial charge in [0.05, 0.1) is 5.56 Å². The number of hydrogen-bond acceptors (Lipinski definition) is 1. The Hall–Kier alpha value is -0.740. The number of rotatable bonds is 3. The van der Waals surface area contributed by atoms with Gasteiger partial charge >= 0.3 is 6.18 Å². The van der Waals surface area contributed by atoms with Crippen molar-refractivity contribution >= 4 is 12.4 Å². The van der Waals surface area contributed by atoms with Crippen LogP contribution in [-0.2, 0) is 6.18 Å². The van der Waals surface area contributed by atoms with Crippen LogP contribution in [-0.4, -0.2) is 0 Å². The Kier molecular flexibility index (Phi) is 5.99. The molecule has 0 aliphatic rings. The average molecular weight is 268 g/mol. The summed E-state index contributed by atoms with van der Waals surface area (Å²) in [6, 6.07) is 4.88. The van der Waals surface area contributed by atoms with Crippen LogP contribution in [0.2, 0.25) is 0 Å². The van der Waals surface area contributed by atoms with E-state index in [2.05, 4.69) is 0 Å². The van der Waals surface area contributed by atoms with Gasteiger partial charge in [0.1, 0.15) is 0 Å². The Morgan fingerprint density at radius 2 is 1.65 bits per heavy atom. The predicted molar refractivity (Wildman–Crippen MR) is 65.1 cm³/mol. The lowest BCUT2D eigenvalue weighted by Crippen LogP contribution is -2.18. The highest BCUT2D eigenvalue weighted by Crippen LogP contribution is 2.30. The molecule has 2 N–H and O–H groups in total. The van der Waals surface area contributed by atoms with Crippen LogP contribution in [0.1, 0.15) is 37.4 Å². The molecule has 0 saturated heterocycles. The van der Waals surface area contributed by atoms with Crippen molar-refractivity contribution in [1.82, 2.24) is 0 Å². The van der Waals surface area contributed by atoms with Gasteiger partial charge in [-0.1, -0.05) is 32.4 Å². The summed E-state index contributed by atoms with van der Waals surface area (Å²) in [4.78, 5) is 0. The molecule has 0 fully saturated rings. The quantitative estimate of drug-likeness (QED) is 0.874. The van der Waals surface area contributed by atoms with Crippen LogP contribution in [0.15, 0.2) is 24.3 Å². The molecule has 0 heterocycles. The van der Waals surface area contributed by atoms with Crippen molar-refractivity contribution in [3.63, 3.8) is 0 Å². The SMILES string of the molecule is CCC(C)[C@H](N)c1ccc(C(F)(F)F)cc1.Cl. The highest BCUT2D eigenvalue weighted by atomic mass is 35.5. The van der Waals surface area contributed by atoms with Crippen molar-refractivity contribution in [3.8, 4) is 0 Å². The van der Waals surface area contributed by atoms with Gasteiger partial charge in [0, 0.05) is 6.04 Å². The summed E-state index contributed by atoms with van der Waals surface area (Å²) in [7, 11) is 0. The first-order chi connectivity index (χ1) is 7.36. The lowest BCUT2D eigenvalue weighted by molar-refractivity contribution is -0.137. The Morgan fingerprint density at radius 1 is 1.18 bits per heavy atom. The number of alkyl halides is 3. The average Bonchev–Trinajstić information content (AvgIpc) is 2.26. The zero-order chi connectivity index (χ0) is 12.3. The Morgan fingerprint density at radius 3 is 2.00 bits per heavy atom. The van der Waals surface area contributed by atoms with E-state index >= 15 is 0 Å². The smallest absolute Gasteiger partial charge is 0.324 e. The minimum atomic E-state index is -4.28. The lowest BCUT2D eigenvalue weighted by Gasteiger charge is -2.19. The van der Waals surface area contributed by atoms with Crippen molar-refractivity contribution in [2.75, 3.05) is 0 Å². The molecule has 0 aliphatic carbocycles. The molecule has 0 bridgehead atoms. The fourth-order valence-electron chi connectivity index (χ4n) is 1.48. The van der Waals surface area contributed by atoms with Gasteiger partial charge in [-0.25, -0.2) is 0 Å². The van der Waals surface area contributed by atoms with E-state index in [-0.39, 0.29) is 24.4 Å². The summed E-state index contributed by atoms with van der Waals surface area (Å²) in [5.41, 5.74) is 6.05. The minimum absolute atomic E-state index is 0. The second-order valence-corrected chi connectivity index (χ2v) is 4.03. The molecule has 1 aromatic rings. The molecular weight excluding hydrogens is 251 g/mol. The molecule has 2 atom stereocenters. The zero-order valence-electron chi connectivity index (χ0n) is 9.79. The highest BCUT2D eigenvalue weighted by Gasteiger charge is 2.30. The number of halogens is 4. The van der Waals surface area contributed by atoms with E-state index in [1.54, 1.807) is 0 Å². The first-order valence-electron chi connectivity index (χ1n) is 5.29. The maximum Gasteiger partial charge on any atom is 0.416 e. The normalized spacial score (nSPS) is 14.9. The van der Waals surface area contributed by atoms with E-state index in [9.17, 15) is 13.2 Å². The summed E-state index contributed by atoms with van der Waals surface area (Å²) in [6.07, 6.45) is -3.37. The van der Waals surface area contributed by atoms with E-state index in [0.717, 1.165) is 24.1 Å². The van der Waals surface area contributed by atoms with Gasteiger partial charge in [0.15, 0.2) is 0 Å². The van der Waals surface area contributed by atoms with Crippen molar-refractivity contribution in [2.24, 2.45) is 11.7 Å². The molecule has 17 heavy (non-hydrogen) atoms. The van der Waals surface area contributed by atoms with Crippen molar-refractivity contribution < 1.29 is 13.2 Å². The van der Waals surface area contributed by atoms with E-state index in [4.69, 9.17) is 5.73 Å². The number of hydrogen-bond donors (Lipinski definition) is 1. The molecule has 98 valence electrons. The molecule has 0 radical (unpaired) electrons. The first-order valence-corrected chi connectivity index (χ1v) is 5.29. The minimum Gasteiger partial charge on any atom is -0.324 e.